The summed E-state index contributed by atoms with van der Waals surface area (Å²) in [6, 6.07) is 0. The Bertz CT molecular complexity index is 402. The summed E-state index contributed by atoms with van der Waals surface area (Å²) in [5, 5.41) is 0. The van der Waals surface area contributed by atoms with Crippen LogP contribution in [0, 0.1) is 16.7 Å². The Balaban J connectivity index is 3.08. The molecule has 0 aromatic carbocycles. The zero-order valence-electron chi connectivity index (χ0n) is 15.9. The van der Waals surface area contributed by atoms with Crippen LogP contribution in [-0.2, 0) is 0 Å². The van der Waals surface area contributed by atoms with E-state index in [0.29, 0.717) is 10.8 Å². The van der Waals surface area contributed by atoms with Crippen molar-refractivity contribution in [3.63, 3.8) is 0 Å². The van der Waals surface area contributed by atoms with Crippen molar-refractivity contribution in [1.29, 1.82) is 0 Å². The summed E-state index contributed by atoms with van der Waals surface area (Å²) in [5.41, 5.74) is 5.51. The van der Waals surface area contributed by atoms with E-state index in [2.05, 4.69) is 61.5 Å². The van der Waals surface area contributed by atoms with Gasteiger partial charge < -0.3 is 0 Å². The molecular weight excluding hydrogens is 252 g/mol. The summed E-state index contributed by atoms with van der Waals surface area (Å²) in [5.74, 6) is 0.793. The van der Waals surface area contributed by atoms with Gasteiger partial charge in [-0.15, -0.1) is 0 Å². The van der Waals surface area contributed by atoms with E-state index in [4.69, 9.17) is 0 Å². The summed E-state index contributed by atoms with van der Waals surface area (Å²) < 4.78 is 0. The highest BCUT2D eigenvalue weighted by Crippen LogP contribution is 2.44. The van der Waals surface area contributed by atoms with E-state index in [1.54, 1.807) is 11.1 Å². The lowest BCUT2D eigenvalue weighted by Crippen LogP contribution is -2.26. The Labute approximate surface area is 134 Å². The van der Waals surface area contributed by atoms with E-state index in [1.807, 2.05) is 0 Å². The molecule has 0 fully saturated rings. The van der Waals surface area contributed by atoms with Gasteiger partial charge in [0.1, 0.15) is 0 Å². The highest BCUT2D eigenvalue weighted by molar-refractivity contribution is 5.32. The third-order valence-electron chi connectivity index (χ3n) is 5.87. The van der Waals surface area contributed by atoms with E-state index in [9.17, 15) is 0 Å². The summed E-state index contributed by atoms with van der Waals surface area (Å²) in [6.07, 6.45) is 10.5. The zero-order chi connectivity index (χ0) is 16.3. The van der Waals surface area contributed by atoms with Crippen LogP contribution in [0.3, 0.4) is 0 Å². The Hall–Kier alpha value is -0.520. The van der Waals surface area contributed by atoms with Crippen LogP contribution in [0.4, 0.5) is 0 Å². The van der Waals surface area contributed by atoms with Gasteiger partial charge in [0.15, 0.2) is 0 Å². The normalized spacial score (nSPS) is 31.1. The fraction of sp³-hybridized carbons (Fsp3) is 0.810. The molecule has 0 aromatic heterocycles. The summed E-state index contributed by atoms with van der Waals surface area (Å²) in [7, 11) is 0. The van der Waals surface area contributed by atoms with Gasteiger partial charge in [0.2, 0.25) is 0 Å². The number of allylic oxidation sites excluding steroid dienone is 4. The third kappa shape index (κ3) is 5.01. The average molecular weight is 291 g/mol. The van der Waals surface area contributed by atoms with Crippen LogP contribution in [0.1, 0.15) is 93.9 Å². The lowest BCUT2D eigenvalue weighted by molar-refractivity contribution is 0.162. The van der Waals surface area contributed by atoms with Crippen molar-refractivity contribution in [1.82, 2.24) is 0 Å². The molecule has 0 heteroatoms. The maximum Gasteiger partial charge on any atom is -0.0104 e. The standard InChI is InChI=1S/C21H38/c1-16(2)15-19-18(5)11-9-13-21(8,17(3)4)14-10-12-20(19,6)7/h15,17H,9-14H2,1-8H3/b19-18-/t21-/m1/s1. The molecule has 0 saturated carbocycles. The molecule has 1 rings (SSSR count). The number of hydrogen-bond donors (Lipinski definition) is 0. The van der Waals surface area contributed by atoms with E-state index in [1.165, 1.54) is 44.1 Å². The van der Waals surface area contributed by atoms with E-state index in [-0.39, 0.29) is 0 Å². The summed E-state index contributed by atoms with van der Waals surface area (Å²) >= 11 is 0. The van der Waals surface area contributed by atoms with Gasteiger partial charge in [-0.2, -0.15) is 0 Å². The third-order valence-corrected chi connectivity index (χ3v) is 5.87. The van der Waals surface area contributed by atoms with Gasteiger partial charge >= 0.3 is 0 Å². The lowest BCUT2D eigenvalue weighted by Gasteiger charge is -2.38. The SMILES string of the molecule is CC(C)=C/C1=C(\C)CCC[C@@](C)(C(C)C)CCCC1(C)C. The van der Waals surface area contributed by atoms with Gasteiger partial charge in [0.25, 0.3) is 0 Å². The minimum Gasteiger partial charge on any atom is -0.0761 e. The monoisotopic (exact) mass is 290 g/mol. The summed E-state index contributed by atoms with van der Waals surface area (Å²) in [6.45, 7) is 19.0. The average Bonchev–Trinajstić information content (AvgIpc) is 2.34. The molecule has 0 spiro atoms. The van der Waals surface area contributed by atoms with Crippen LogP contribution in [0.5, 0.6) is 0 Å². The molecule has 0 amide bonds. The lowest BCUT2D eigenvalue weighted by atomic mass is 9.68. The molecule has 0 bridgehead atoms. The topological polar surface area (TPSA) is 0 Å². The van der Waals surface area contributed by atoms with Crippen LogP contribution < -0.4 is 0 Å². The predicted molar refractivity (Wildman–Crippen MR) is 96.6 cm³/mol. The molecule has 1 aliphatic rings. The second kappa shape index (κ2) is 7.16. The van der Waals surface area contributed by atoms with Crippen molar-refractivity contribution in [2.24, 2.45) is 16.7 Å². The fourth-order valence-electron chi connectivity index (χ4n) is 3.85. The molecule has 21 heavy (non-hydrogen) atoms. The van der Waals surface area contributed by atoms with Crippen LogP contribution in [0.25, 0.3) is 0 Å². The molecule has 0 nitrogen and oxygen atoms in total. The molecule has 1 atom stereocenters. The van der Waals surface area contributed by atoms with Crippen LogP contribution >= 0.6 is 0 Å². The summed E-state index contributed by atoms with van der Waals surface area (Å²) in [4.78, 5) is 0. The van der Waals surface area contributed by atoms with Crippen molar-refractivity contribution in [3.05, 3.63) is 22.8 Å². The first-order chi connectivity index (χ1) is 9.58. The molecule has 0 heterocycles. The van der Waals surface area contributed by atoms with Crippen molar-refractivity contribution >= 4 is 0 Å². The molecule has 0 aliphatic heterocycles. The molecule has 122 valence electrons. The smallest absolute Gasteiger partial charge is 0.0104 e. The maximum atomic E-state index is 2.52. The molecule has 0 aromatic rings. The Kier molecular flexibility index (Phi) is 6.32. The van der Waals surface area contributed by atoms with E-state index >= 15 is 0 Å². The quantitative estimate of drug-likeness (QED) is 0.500. The van der Waals surface area contributed by atoms with Crippen LogP contribution in [0.2, 0.25) is 0 Å². The minimum absolute atomic E-state index is 0.316. The molecule has 0 N–H and O–H groups in total. The zero-order valence-corrected chi connectivity index (χ0v) is 15.9. The van der Waals surface area contributed by atoms with Gasteiger partial charge in [-0.05, 0) is 75.2 Å². The predicted octanol–water partition coefficient (Wildman–Crippen LogP) is 7.31. The molecule has 0 saturated heterocycles. The highest BCUT2D eigenvalue weighted by Gasteiger charge is 2.31. The van der Waals surface area contributed by atoms with Gasteiger partial charge in [0, 0.05) is 0 Å². The highest BCUT2D eigenvalue weighted by atomic mass is 14.4. The van der Waals surface area contributed by atoms with Crippen molar-refractivity contribution in [3.8, 4) is 0 Å². The fourth-order valence-corrected chi connectivity index (χ4v) is 3.85. The maximum absolute atomic E-state index is 2.52. The van der Waals surface area contributed by atoms with Gasteiger partial charge in [0.05, 0.1) is 0 Å². The molecule has 0 radical (unpaired) electrons. The van der Waals surface area contributed by atoms with Crippen LogP contribution in [-0.4, -0.2) is 0 Å². The van der Waals surface area contributed by atoms with Crippen molar-refractivity contribution in [2.45, 2.75) is 93.9 Å². The van der Waals surface area contributed by atoms with Crippen molar-refractivity contribution < 1.29 is 0 Å². The van der Waals surface area contributed by atoms with Gasteiger partial charge in [-0.1, -0.05) is 58.3 Å². The molecule has 0 unspecified atom stereocenters. The van der Waals surface area contributed by atoms with E-state index < -0.39 is 0 Å². The number of rotatable bonds is 2. The molecule has 1 aliphatic carbocycles. The Morgan fingerprint density at radius 1 is 1.00 bits per heavy atom. The number of hydrogen-bond acceptors (Lipinski definition) is 0. The molecular formula is C21H38. The minimum atomic E-state index is 0.316. The first-order valence-corrected chi connectivity index (χ1v) is 8.93. The van der Waals surface area contributed by atoms with E-state index in [0.717, 1.165) is 5.92 Å². The van der Waals surface area contributed by atoms with Crippen LogP contribution in [0.15, 0.2) is 22.8 Å². The van der Waals surface area contributed by atoms with Crippen molar-refractivity contribution in [2.75, 3.05) is 0 Å². The Morgan fingerprint density at radius 2 is 1.57 bits per heavy atom. The first kappa shape index (κ1) is 18.5. The van der Waals surface area contributed by atoms with Gasteiger partial charge in [-0.25, -0.2) is 0 Å². The first-order valence-electron chi connectivity index (χ1n) is 8.93. The largest absolute Gasteiger partial charge is 0.0761 e. The van der Waals surface area contributed by atoms with Gasteiger partial charge in [-0.3, -0.25) is 0 Å². The second-order valence-electron chi connectivity index (χ2n) is 8.82. The Morgan fingerprint density at radius 3 is 2.10 bits per heavy atom. The second-order valence-corrected chi connectivity index (χ2v) is 8.82.